The minimum atomic E-state index is 0.234. The van der Waals surface area contributed by atoms with Crippen molar-refractivity contribution in [1.29, 1.82) is 5.26 Å². The molecule has 2 aromatic carbocycles. The fourth-order valence-electron chi connectivity index (χ4n) is 1.80. The second-order valence-corrected chi connectivity index (χ2v) is 5.34. The summed E-state index contributed by atoms with van der Waals surface area (Å²) < 4.78 is 0.901. The van der Waals surface area contributed by atoms with Crippen molar-refractivity contribution in [3.05, 3.63) is 57.6 Å². The molecule has 0 aliphatic carbocycles. The van der Waals surface area contributed by atoms with Crippen LogP contribution in [0.5, 0.6) is 5.75 Å². The minimum Gasteiger partial charge on any atom is -0.507 e. The fourth-order valence-corrected chi connectivity index (χ4v) is 2.39. The summed E-state index contributed by atoms with van der Waals surface area (Å²) in [7, 11) is 0. The van der Waals surface area contributed by atoms with Crippen molar-refractivity contribution in [3.63, 3.8) is 0 Å². The lowest BCUT2D eigenvalue weighted by Crippen LogP contribution is -1.86. The molecule has 0 aliphatic rings. The molecule has 2 rings (SSSR count). The van der Waals surface area contributed by atoms with E-state index in [1.165, 1.54) is 0 Å². The third kappa shape index (κ3) is 3.46. The molecule has 1 N–H and O–H groups in total. The van der Waals surface area contributed by atoms with Gasteiger partial charge in [0.25, 0.3) is 0 Å². The van der Waals surface area contributed by atoms with Gasteiger partial charge < -0.3 is 5.11 Å². The maximum Gasteiger partial charge on any atom is 0.127 e. The zero-order valence-electron chi connectivity index (χ0n) is 11.0. The van der Waals surface area contributed by atoms with Crippen LogP contribution in [0, 0.1) is 18.3 Å². The molecular formula is C16H13BrN2O. The van der Waals surface area contributed by atoms with Crippen LogP contribution in [0.2, 0.25) is 0 Å². The van der Waals surface area contributed by atoms with Gasteiger partial charge in [-0.15, -0.1) is 0 Å². The Bertz CT molecular complexity index is 685. The average Bonchev–Trinajstić information content (AvgIpc) is 2.43. The van der Waals surface area contributed by atoms with Crippen molar-refractivity contribution in [1.82, 2.24) is 0 Å². The van der Waals surface area contributed by atoms with Gasteiger partial charge >= 0.3 is 0 Å². The molecule has 0 unspecified atom stereocenters. The maximum absolute atomic E-state index is 9.97. The highest BCUT2D eigenvalue weighted by Gasteiger charge is 2.03. The molecule has 3 nitrogen and oxygen atoms in total. The molecule has 100 valence electrons. The number of phenols is 1. The van der Waals surface area contributed by atoms with Gasteiger partial charge in [-0.3, -0.25) is 4.99 Å². The lowest BCUT2D eigenvalue weighted by atomic mass is 10.1. The van der Waals surface area contributed by atoms with Crippen LogP contribution in [0.4, 0.5) is 5.69 Å². The van der Waals surface area contributed by atoms with E-state index in [0.717, 1.165) is 21.3 Å². The molecule has 0 fully saturated rings. The number of aliphatic imine (C=N–C) groups is 1. The standard InChI is InChI=1S/C16H13BrN2O/c1-11-8-14(17)9-13(16(11)20)10-19-15-4-2-12(3-5-15)6-7-18/h2-5,8-10,20H,6H2,1H3. The van der Waals surface area contributed by atoms with Crippen molar-refractivity contribution >= 4 is 27.8 Å². The molecule has 0 atom stereocenters. The summed E-state index contributed by atoms with van der Waals surface area (Å²) in [6, 6.07) is 13.2. The van der Waals surface area contributed by atoms with Gasteiger partial charge in [0.15, 0.2) is 0 Å². The zero-order chi connectivity index (χ0) is 14.5. The van der Waals surface area contributed by atoms with Gasteiger partial charge in [0.05, 0.1) is 18.2 Å². The van der Waals surface area contributed by atoms with Crippen molar-refractivity contribution < 1.29 is 5.11 Å². The molecule has 2 aromatic rings. The molecule has 0 bridgehead atoms. The zero-order valence-corrected chi connectivity index (χ0v) is 12.6. The number of aryl methyl sites for hydroxylation is 1. The predicted molar refractivity (Wildman–Crippen MR) is 83.6 cm³/mol. The minimum absolute atomic E-state index is 0.234. The summed E-state index contributed by atoms with van der Waals surface area (Å²) in [5, 5.41) is 18.6. The predicted octanol–water partition coefficient (Wildman–Crippen LogP) is 4.28. The smallest absolute Gasteiger partial charge is 0.127 e. The Morgan fingerprint density at radius 3 is 2.65 bits per heavy atom. The van der Waals surface area contributed by atoms with Crippen LogP contribution in [-0.2, 0) is 6.42 Å². The van der Waals surface area contributed by atoms with Crippen LogP contribution < -0.4 is 0 Å². The Kier molecular flexibility index (Phi) is 4.54. The maximum atomic E-state index is 9.97. The van der Waals surface area contributed by atoms with Crippen LogP contribution in [-0.4, -0.2) is 11.3 Å². The van der Waals surface area contributed by atoms with E-state index < -0.39 is 0 Å². The van der Waals surface area contributed by atoms with E-state index in [0.29, 0.717) is 12.0 Å². The first kappa shape index (κ1) is 14.3. The quantitative estimate of drug-likeness (QED) is 0.855. The van der Waals surface area contributed by atoms with Crippen LogP contribution in [0.25, 0.3) is 0 Å². The first-order chi connectivity index (χ1) is 9.60. The second kappa shape index (κ2) is 6.36. The molecule has 0 spiro atoms. The van der Waals surface area contributed by atoms with Gasteiger partial charge in [-0.05, 0) is 42.3 Å². The van der Waals surface area contributed by atoms with E-state index in [-0.39, 0.29) is 5.75 Å². The van der Waals surface area contributed by atoms with Gasteiger partial charge in [-0.25, -0.2) is 0 Å². The number of halogens is 1. The molecule has 20 heavy (non-hydrogen) atoms. The van der Waals surface area contributed by atoms with Crippen molar-refractivity contribution in [2.45, 2.75) is 13.3 Å². The monoisotopic (exact) mass is 328 g/mol. The Morgan fingerprint density at radius 2 is 2.00 bits per heavy atom. The van der Waals surface area contributed by atoms with Crippen molar-refractivity contribution in [2.75, 3.05) is 0 Å². The average molecular weight is 329 g/mol. The fraction of sp³-hybridized carbons (Fsp3) is 0.125. The molecule has 0 radical (unpaired) electrons. The number of hydrogen-bond acceptors (Lipinski definition) is 3. The van der Waals surface area contributed by atoms with Crippen LogP contribution in [0.1, 0.15) is 16.7 Å². The second-order valence-electron chi connectivity index (χ2n) is 4.42. The summed E-state index contributed by atoms with van der Waals surface area (Å²) in [6.07, 6.45) is 2.03. The number of rotatable bonds is 3. The lowest BCUT2D eigenvalue weighted by Gasteiger charge is -2.04. The van der Waals surface area contributed by atoms with E-state index in [1.807, 2.05) is 43.3 Å². The molecule has 4 heteroatoms. The van der Waals surface area contributed by atoms with Gasteiger partial charge in [0, 0.05) is 16.3 Å². The van der Waals surface area contributed by atoms with Gasteiger partial charge in [0.2, 0.25) is 0 Å². The summed E-state index contributed by atoms with van der Waals surface area (Å²) in [4.78, 5) is 4.33. The summed E-state index contributed by atoms with van der Waals surface area (Å²) in [5.74, 6) is 0.234. The number of hydrogen-bond donors (Lipinski definition) is 1. The highest BCUT2D eigenvalue weighted by atomic mass is 79.9. The molecule has 0 heterocycles. The first-order valence-electron chi connectivity index (χ1n) is 6.09. The number of aromatic hydroxyl groups is 1. The molecule has 0 amide bonds. The highest BCUT2D eigenvalue weighted by molar-refractivity contribution is 9.10. The third-order valence-electron chi connectivity index (χ3n) is 2.87. The van der Waals surface area contributed by atoms with Crippen molar-refractivity contribution in [3.8, 4) is 11.8 Å². The van der Waals surface area contributed by atoms with Gasteiger partial charge in [-0.1, -0.05) is 28.1 Å². The third-order valence-corrected chi connectivity index (χ3v) is 3.32. The largest absolute Gasteiger partial charge is 0.507 e. The molecule has 0 saturated heterocycles. The van der Waals surface area contributed by atoms with E-state index in [9.17, 15) is 5.11 Å². The van der Waals surface area contributed by atoms with E-state index in [4.69, 9.17) is 5.26 Å². The Hall–Kier alpha value is -2.12. The van der Waals surface area contributed by atoms with Gasteiger partial charge in [0.1, 0.15) is 5.75 Å². The van der Waals surface area contributed by atoms with Gasteiger partial charge in [-0.2, -0.15) is 5.26 Å². The number of benzene rings is 2. The molecule has 0 saturated carbocycles. The summed E-state index contributed by atoms with van der Waals surface area (Å²) in [6.45, 7) is 1.84. The number of nitriles is 1. The SMILES string of the molecule is Cc1cc(Br)cc(C=Nc2ccc(CC#N)cc2)c1O. The van der Waals surface area contributed by atoms with E-state index >= 15 is 0 Å². The number of phenolic OH excluding ortho intramolecular Hbond substituents is 1. The topological polar surface area (TPSA) is 56.4 Å². The first-order valence-corrected chi connectivity index (χ1v) is 6.88. The van der Waals surface area contributed by atoms with Crippen LogP contribution >= 0.6 is 15.9 Å². The Labute approximate surface area is 126 Å². The van der Waals surface area contributed by atoms with Crippen molar-refractivity contribution in [2.24, 2.45) is 4.99 Å². The molecule has 0 aromatic heterocycles. The normalized spacial score (nSPS) is 10.7. The number of nitrogens with zero attached hydrogens (tertiary/aromatic N) is 2. The van der Waals surface area contributed by atoms with Crippen LogP contribution in [0.3, 0.4) is 0 Å². The molecular weight excluding hydrogens is 316 g/mol. The Morgan fingerprint density at radius 1 is 1.30 bits per heavy atom. The Balaban J connectivity index is 2.23. The van der Waals surface area contributed by atoms with E-state index in [2.05, 4.69) is 27.0 Å². The molecule has 0 aliphatic heterocycles. The summed E-state index contributed by atoms with van der Waals surface area (Å²) >= 11 is 3.40. The van der Waals surface area contributed by atoms with Crippen LogP contribution in [0.15, 0.2) is 45.9 Å². The van der Waals surface area contributed by atoms with E-state index in [1.54, 1.807) is 6.21 Å². The highest BCUT2D eigenvalue weighted by Crippen LogP contribution is 2.26. The summed E-state index contributed by atoms with van der Waals surface area (Å²) in [5.41, 5.74) is 3.21. The lowest BCUT2D eigenvalue weighted by molar-refractivity contribution is 0.470.